The van der Waals surface area contributed by atoms with Gasteiger partial charge in [-0.15, -0.1) is 11.3 Å². The molecule has 7 heteroatoms. The Kier molecular flexibility index (Phi) is 10.6. The molecule has 83 heavy (non-hydrogen) atoms. The Morgan fingerprint density at radius 3 is 1.31 bits per heavy atom. The molecule has 4 aromatic heterocycles. The van der Waals surface area contributed by atoms with E-state index in [0.29, 0.717) is 0 Å². The Bertz CT molecular complexity index is 4940. The third kappa shape index (κ3) is 7.52. The monoisotopic (exact) mass is 1110 g/mol. The van der Waals surface area contributed by atoms with E-state index in [1.807, 2.05) is 23.1 Å². The van der Waals surface area contributed by atoms with Crippen LogP contribution >= 0.6 is 23.1 Å². The largest absolute Gasteiger partial charge is 0.458 e. The first kappa shape index (κ1) is 50.7. The molecule has 0 saturated carbocycles. The Morgan fingerprint density at radius 2 is 0.795 bits per heavy atom. The third-order valence-corrected chi connectivity index (χ3v) is 20.7. The molecule has 0 saturated heterocycles. The summed E-state index contributed by atoms with van der Waals surface area (Å²) in [6.45, 7) is 27.8. The van der Waals surface area contributed by atoms with Crippen LogP contribution in [0.3, 0.4) is 0 Å². The van der Waals surface area contributed by atoms with E-state index >= 15 is 0 Å². The van der Waals surface area contributed by atoms with Crippen LogP contribution in [0.25, 0.3) is 103 Å². The molecule has 0 radical (unpaired) electrons. The average molecular weight is 1110 g/mol. The molecule has 14 aromatic rings. The Morgan fingerprint density at radius 1 is 0.361 bits per heavy atom. The lowest BCUT2D eigenvalue weighted by Gasteiger charge is -2.34. The molecular formula is C76H66BN3OS2. The van der Waals surface area contributed by atoms with Crippen molar-refractivity contribution >= 4 is 132 Å². The minimum atomic E-state index is -0.102. The van der Waals surface area contributed by atoms with E-state index in [0.717, 1.165) is 22.9 Å². The highest BCUT2D eigenvalue weighted by atomic mass is 32.2. The first-order valence-electron chi connectivity index (χ1n) is 29.5. The molecule has 2 aliphatic rings. The maximum absolute atomic E-state index is 7.57. The molecule has 0 unspecified atom stereocenters. The van der Waals surface area contributed by atoms with E-state index in [9.17, 15) is 0 Å². The zero-order chi connectivity index (χ0) is 57.0. The minimum Gasteiger partial charge on any atom is -0.458 e. The molecular weight excluding hydrogens is 1050 g/mol. The third-order valence-electron chi connectivity index (χ3n) is 18.4. The standard InChI is InChI=1S/C76H66BN3OS2/c1-73(2,3)43-25-31-59-52(35-43)53-36-44(74(4,5)6)26-32-60(53)78(59)47-29-30-56-64(39-47)81-65-40-48(79-57-22-16-13-19-49(57)50-20-14-17-23-58(50)79)41-67-70(65)77(56)71-68(82-67)42-63(69-51-21-15-18-24-66(51)83-72(69)71)80-61-33-27-45(75(7,8)9)37-54(61)55-38-46(76(10,11)12)28-34-62(55)80/h13-42H,1-12H3. The molecule has 4 nitrogen and oxygen atoms in total. The smallest absolute Gasteiger partial charge is 0.255 e. The lowest BCUT2D eigenvalue weighted by Crippen LogP contribution is -2.58. The first-order chi connectivity index (χ1) is 39.7. The van der Waals surface area contributed by atoms with Gasteiger partial charge >= 0.3 is 0 Å². The predicted molar refractivity (Wildman–Crippen MR) is 359 cm³/mol. The molecule has 0 amide bonds. The normalized spacial score (nSPS) is 13.8. The van der Waals surface area contributed by atoms with Crippen LogP contribution in [0.4, 0.5) is 0 Å². The maximum atomic E-state index is 7.57. The van der Waals surface area contributed by atoms with Gasteiger partial charge in [0.2, 0.25) is 0 Å². The zero-order valence-corrected chi connectivity index (χ0v) is 51.1. The molecule has 10 aromatic carbocycles. The summed E-state index contributed by atoms with van der Waals surface area (Å²) in [6, 6.07) is 70.0. The highest BCUT2D eigenvalue weighted by molar-refractivity contribution is 8.00. The summed E-state index contributed by atoms with van der Waals surface area (Å²) in [5.74, 6) is 1.80. The number of benzene rings is 10. The number of thiophene rings is 1. The van der Waals surface area contributed by atoms with Crippen LogP contribution in [0.15, 0.2) is 192 Å². The lowest BCUT2D eigenvalue weighted by atomic mass is 9.35. The average Bonchev–Trinajstić information content (AvgIpc) is 1.91. The van der Waals surface area contributed by atoms with E-state index in [1.165, 1.54) is 140 Å². The van der Waals surface area contributed by atoms with E-state index in [1.54, 1.807) is 0 Å². The van der Waals surface area contributed by atoms with Gasteiger partial charge in [0.25, 0.3) is 6.71 Å². The van der Waals surface area contributed by atoms with Crippen LogP contribution in [-0.4, -0.2) is 20.4 Å². The highest BCUT2D eigenvalue weighted by Gasteiger charge is 2.42. The molecule has 0 aliphatic carbocycles. The lowest BCUT2D eigenvalue weighted by molar-refractivity contribution is 0.486. The van der Waals surface area contributed by atoms with Crippen molar-refractivity contribution in [2.24, 2.45) is 0 Å². The summed E-state index contributed by atoms with van der Waals surface area (Å²) in [5, 5.41) is 10.2. The Hall–Kier alpha value is -7.97. The van der Waals surface area contributed by atoms with Gasteiger partial charge in [-0.05, 0) is 145 Å². The summed E-state index contributed by atoms with van der Waals surface area (Å²) in [5.41, 5.74) is 19.7. The molecule has 2 aliphatic heterocycles. The maximum Gasteiger partial charge on any atom is 0.255 e. The van der Waals surface area contributed by atoms with Crippen molar-refractivity contribution in [1.29, 1.82) is 0 Å². The van der Waals surface area contributed by atoms with Gasteiger partial charge in [-0.2, -0.15) is 0 Å². The number of hydrogen-bond donors (Lipinski definition) is 0. The van der Waals surface area contributed by atoms with Crippen molar-refractivity contribution in [2.75, 3.05) is 0 Å². The van der Waals surface area contributed by atoms with Crippen molar-refractivity contribution < 1.29 is 4.74 Å². The van der Waals surface area contributed by atoms with Gasteiger partial charge in [0, 0.05) is 80.1 Å². The second kappa shape index (κ2) is 17.3. The van der Waals surface area contributed by atoms with Gasteiger partial charge in [-0.1, -0.05) is 180 Å². The van der Waals surface area contributed by atoms with Crippen LogP contribution in [0.5, 0.6) is 11.5 Å². The molecule has 0 fully saturated rings. The fourth-order valence-corrected chi connectivity index (χ4v) is 16.5. The molecule has 0 spiro atoms. The molecule has 0 N–H and O–H groups in total. The molecule has 0 bridgehead atoms. The number of nitrogens with zero attached hydrogens (tertiary/aromatic N) is 3. The second-order valence-electron chi connectivity index (χ2n) is 27.8. The molecule has 16 rings (SSSR count). The van der Waals surface area contributed by atoms with Crippen LogP contribution in [0, 0.1) is 0 Å². The van der Waals surface area contributed by atoms with Gasteiger partial charge in [0.05, 0.1) is 44.5 Å². The van der Waals surface area contributed by atoms with Crippen LogP contribution < -0.4 is 21.1 Å². The van der Waals surface area contributed by atoms with E-state index in [-0.39, 0.29) is 28.4 Å². The quantitative estimate of drug-likeness (QED) is 0.165. The van der Waals surface area contributed by atoms with Crippen molar-refractivity contribution in [3.8, 4) is 28.6 Å². The summed E-state index contributed by atoms with van der Waals surface area (Å²) < 4.78 is 17.7. The number of hydrogen-bond acceptors (Lipinski definition) is 3. The number of para-hydroxylation sites is 2. The van der Waals surface area contributed by atoms with Crippen LogP contribution in [-0.2, 0) is 21.7 Å². The molecule has 0 atom stereocenters. The van der Waals surface area contributed by atoms with Crippen molar-refractivity contribution in [3.05, 3.63) is 204 Å². The van der Waals surface area contributed by atoms with Crippen molar-refractivity contribution in [2.45, 2.75) is 115 Å². The van der Waals surface area contributed by atoms with Gasteiger partial charge in [-0.25, -0.2) is 0 Å². The summed E-state index contributed by atoms with van der Waals surface area (Å²) in [4.78, 5) is 2.50. The molecule has 406 valence electrons. The van der Waals surface area contributed by atoms with Gasteiger partial charge in [-0.3, -0.25) is 0 Å². The second-order valence-corrected chi connectivity index (χ2v) is 29.9. The van der Waals surface area contributed by atoms with Gasteiger partial charge in [0.15, 0.2) is 0 Å². The van der Waals surface area contributed by atoms with Gasteiger partial charge < -0.3 is 18.4 Å². The Balaban J connectivity index is 0.986. The number of fused-ring (bicyclic) bond motifs is 17. The van der Waals surface area contributed by atoms with Gasteiger partial charge in [0.1, 0.15) is 11.5 Å². The summed E-state index contributed by atoms with van der Waals surface area (Å²) in [7, 11) is 0. The fourth-order valence-electron chi connectivity index (χ4n) is 13.9. The van der Waals surface area contributed by atoms with Crippen molar-refractivity contribution in [1.82, 2.24) is 13.7 Å². The van der Waals surface area contributed by atoms with E-state index < -0.39 is 0 Å². The van der Waals surface area contributed by atoms with Crippen molar-refractivity contribution in [3.63, 3.8) is 0 Å². The topological polar surface area (TPSA) is 24.0 Å². The fraction of sp³-hybridized carbons (Fsp3) is 0.211. The Labute approximate surface area is 494 Å². The highest BCUT2D eigenvalue weighted by Crippen LogP contribution is 2.49. The van der Waals surface area contributed by atoms with Crippen LogP contribution in [0.1, 0.15) is 105 Å². The predicted octanol–water partition coefficient (Wildman–Crippen LogP) is 19.6. The van der Waals surface area contributed by atoms with E-state index in [2.05, 4.69) is 279 Å². The molecule has 6 heterocycles. The summed E-state index contributed by atoms with van der Waals surface area (Å²) >= 11 is 3.86. The number of aromatic nitrogens is 3. The van der Waals surface area contributed by atoms with Crippen LogP contribution in [0.2, 0.25) is 0 Å². The van der Waals surface area contributed by atoms with E-state index in [4.69, 9.17) is 4.74 Å². The number of rotatable bonds is 3. The SMILES string of the molecule is CC(C)(C)c1ccc2c(c1)c1cc(C(C)(C)C)ccc1n2-c1ccc2c(c1)Oc1cc(-n3c4ccccc4c4ccccc43)cc3c1B2c1c(cc(-n2c4ccc(C(C)(C)C)cc4c4cc(C(C)(C)C)ccc42)c2c1sc1ccccc12)S3. The zero-order valence-electron chi connectivity index (χ0n) is 49.5. The summed E-state index contributed by atoms with van der Waals surface area (Å²) in [6.07, 6.45) is 0. The first-order valence-corrected chi connectivity index (χ1v) is 31.1. The minimum absolute atomic E-state index is 0.000828. The number of ether oxygens (including phenoxy) is 1.